The van der Waals surface area contributed by atoms with E-state index in [9.17, 15) is 0 Å². The van der Waals surface area contributed by atoms with Gasteiger partial charge in [0.2, 0.25) is 0 Å². The van der Waals surface area contributed by atoms with Crippen LogP contribution in [-0.4, -0.2) is 11.0 Å². The molecule has 11 nitrogen and oxygen atoms in total. The summed E-state index contributed by atoms with van der Waals surface area (Å²) in [5.41, 5.74) is 0. The van der Waals surface area contributed by atoms with Gasteiger partial charge in [-0.2, -0.15) is 0 Å². The van der Waals surface area contributed by atoms with Crippen LogP contribution in [0.15, 0.2) is 0 Å². The average molecular weight is 355 g/mol. The minimum Gasteiger partial charge on any atom is -0.412 e. The molecule has 0 amide bonds. The third-order valence-electron chi connectivity index (χ3n) is 0. The van der Waals surface area contributed by atoms with Crippen molar-refractivity contribution >= 4 is 0 Å². The molecule has 0 rings (SSSR count). The monoisotopic (exact) mass is 354 g/mol. The predicted molar refractivity (Wildman–Crippen MR) is 7.23 cm³/mol. The van der Waals surface area contributed by atoms with Crippen LogP contribution in [0.5, 0.6) is 0 Å². The molecule has 0 aliphatic rings. The Morgan fingerprint density at radius 2 is 0.353 bits per heavy atom. The number of hydrogen-bond acceptors (Lipinski definition) is 9. The molecular formula is H4Cl3Na3O11. The molecule has 0 atom stereocenters. The second-order valence-corrected chi connectivity index (χ2v) is 1.70. The molecule has 4 N–H and O–H groups in total. The van der Waals surface area contributed by atoms with Crippen LogP contribution in [0.2, 0.25) is 0 Å². The van der Waals surface area contributed by atoms with Gasteiger partial charge < -0.3 is 52.9 Å². The van der Waals surface area contributed by atoms with E-state index in [-0.39, 0.29) is 99.6 Å². The molecule has 0 fully saturated rings. The van der Waals surface area contributed by atoms with Crippen LogP contribution in [0, 0.1) is 32.4 Å². The Morgan fingerprint density at radius 1 is 0.353 bits per heavy atom. The fraction of sp³-hybridized carbons (Fsp3) is 0. The maximum atomic E-state index is 8.41. The smallest absolute Gasteiger partial charge is 0.412 e. The Bertz CT molecular complexity index is 50.5. The molecule has 0 aromatic rings. The largest absolute Gasteiger partial charge is 1.00 e. The maximum absolute atomic E-state index is 8.41. The van der Waals surface area contributed by atoms with Gasteiger partial charge in [0.25, 0.3) is 0 Å². The molecule has 0 saturated carbocycles. The van der Waals surface area contributed by atoms with E-state index in [0.717, 1.165) is 0 Å². The summed E-state index contributed by atoms with van der Waals surface area (Å²) in [6, 6.07) is 0. The van der Waals surface area contributed by atoms with Crippen molar-refractivity contribution in [3.8, 4) is 0 Å². The Balaban J connectivity index is -0.0000000104. The van der Waals surface area contributed by atoms with Gasteiger partial charge in [0, 0.05) is 0 Å². The molecule has 0 aliphatic carbocycles. The fourth-order valence-corrected chi connectivity index (χ4v) is 0. The molecule has 0 aromatic carbocycles. The van der Waals surface area contributed by atoms with E-state index < -0.39 is 32.4 Å². The number of hydrogen-bond donors (Lipinski definition) is 0. The first-order chi connectivity index (χ1) is 5.20. The molecule has 0 unspecified atom stereocenters. The summed E-state index contributed by atoms with van der Waals surface area (Å²) in [6.07, 6.45) is 0. The van der Waals surface area contributed by atoms with Gasteiger partial charge in [-0.05, 0) is 0 Å². The van der Waals surface area contributed by atoms with E-state index in [1.165, 1.54) is 0 Å². The summed E-state index contributed by atoms with van der Waals surface area (Å²) in [6.45, 7) is 0. The first-order valence-corrected chi connectivity index (χ1v) is 4.17. The van der Waals surface area contributed by atoms with E-state index in [1.807, 2.05) is 0 Å². The van der Waals surface area contributed by atoms with Gasteiger partial charge in [-0.3, -0.25) is 0 Å². The van der Waals surface area contributed by atoms with Crippen molar-refractivity contribution in [1.82, 2.24) is 0 Å². The molecule has 94 valence electrons. The van der Waals surface area contributed by atoms with E-state index in [2.05, 4.69) is 0 Å². The molecule has 0 heterocycles. The average Bonchev–Trinajstić information content (AvgIpc) is 1.54. The van der Waals surface area contributed by atoms with Crippen LogP contribution >= 0.6 is 0 Å². The van der Waals surface area contributed by atoms with E-state index in [1.54, 1.807) is 0 Å². The first kappa shape index (κ1) is 49.9. The van der Waals surface area contributed by atoms with Crippen molar-refractivity contribution in [2.45, 2.75) is 0 Å². The quantitative estimate of drug-likeness (QED) is 0.372. The van der Waals surface area contributed by atoms with Crippen LogP contribution in [0.1, 0.15) is 0 Å². The molecule has 0 bridgehead atoms. The van der Waals surface area contributed by atoms with Crippen molar-refractivity contribution in [3.63, 3.8) is 0 Å². The molecule has 0 saturated heterocycles. The van der Waals surface area contributed by atoms with Gasteiger partial charge in [0.15, 0.2) is 0 Å². The normalized spacial score (nSPS) is 6.35. The molecule has 0 aliphatic heterocycles. The summed E-state index contributed by atoms with van der Waals surface area (Å²) >= 11 is 0. The van der Waals surface area contributed by atoms with Crippen LogP contribution in [0.4, 0.5) is 0 Å². The third-order valence-corrected chi connectivity index (χ3v) is 0. The summed E-state index contributed by atoms with van der Waals surface area (Å²) in [5.74, 6) is 0. The molecular weight excluding hydrogens is 351 g/mol. The van der Waals surface area contributed by atoms with Gasteiger partial charge in [0.05, 0.1) is 32.4 Å². The summed E-state index contributed by atoms with van der Waals surface area (Å²) in [7, 11) is -8.56. The Kier molecular flexibility index (Phi) is 125. The molecule has 0 radical (unpaired) electrons. The minimum atomic E-state index is -2.85. The van der Waals surface area contributed by atoms with Crippen molar-refractivity contribution in [2.75, 3.05) is 0 Å². The van der Waals surface area contributed by atoms with Crippen LogP contribution in [0.25, 0.3) is 0 Å². The van der Waals surface area contributed by atoms with Crippen molar-refractivity contribution in [2.24, 2.45) is 0 Å². The zero-order chi connectivity index (χ0) is 10.7. The molecule has 17 heteroatoms. The van der Waals surface area contributed by atoms with Crippen molar-refractivity contribution < 1.29 is 174 Å². The standard InChI is InChI=1S/3ClO3.3Na.2H2O/c3*2-1(3)4;;;;;/h;;;;;;2*1H2/q3*-1;3*+1;;. The van der Waals surface area contributed by atoms with Crippen molar-refractivity contribution in [3.05, 3.63) is 0 Å². The van der Waals surface area contributed by atoms with Gasteiger partial charge in [-0.25, -0.2) is 0 Å². The second-order valence-electron chi connectivity index (χ2n) is 0.567. The first-order valence-electron chi connectivity index (χ1n) is 1.39. The zero-order valence-electron chi connectivity index (χ0n) is 8.81. The van der Waals surface area contributed by atoms with Gasteiger partial charge >= 0.3 is 88.7 Å². The molecule has 0 spiro atoms. The summed E-state index contributed by atoms with van der Waals surface area (Å²) in [4.78, 5) is 0. The number of halogens is 3. The Labute approximate surface area is 171 Å². The van der Waals surface area contributed by atoms with E-state index >= 15 is 0 Å². The SMILES string of the molecule is O.O.[Na+].[Na+].[Na+].[O-][Cl+2]([O-])[O-].[O-][Cl+2]([O-])[O-].[O-][Cl+2]([O-])[O-]. The second kappa shape index (κ2) is 42.7. The molecule has 0 aromatic heterocycles. The van der Waals surface area contributed by atoms with E-state index in [0.29, 0.717) is 0 Å². The van der Waals surface area contributed by atoms with Crippen LogP contribution in [0.3, 0.4) is 0 Å². The van der Waals surface area contributed by atoms with Gasteiger partial charge in [0.1, 0.15) is 0 Å². The van der Waals surface area contributed by atoms with Gasteiger partial charge in [-0.15, -0.1) is 0 Å². The molecule has 17 heavy (non-hydrogen) atoms. The summed E-state index contributed by atoms with van der Waals surface area (Å²) in [5, 5.41) is 0. The maximum Gasteiger partial charge on any atom is 1.00 e. The fourth-order valence-electron chi connectivity index (χ4n) is 0. The van der Waals surface area contributed by atoms with E-state index in [4.69, 9.17) is 41.9 Å². The predicted octanol–water partition coefficient (Wildman–Crippen LogP) is -21.3. The zero-order valence-corrected chi connectivity index (χ0v) is 17.1. The Hall–Kier alpha value is 3.43. The van der Waals surface area contributed by atoms with Gasteiger partial charge in [-0.1, -0.05) is 0 Å². The van der Waals surface area contributed by atoms with Crippen molar-refractivity contribution in [1.29, 1.82) is 0 Å². The van der Waals surface area contributed by atoms with Crippen LogP contribution < -0.4 is 131 Å². The Morgan fingerprint density at radius 3 is 0.353 bits per heavy atom. The van der Waals surface area contributed by atoms with Crippen LogP contribution in [-0.2, 0) is 0 Å². The number of rotatable bonds is 0. The topological polar surface area (TPSA) is 271 Å². The minimum absolute atomic E-state index is 0. The third kappa shape index (κ3) is 502. The summed E-state index contributed by atoms with van der Waals surface area (Å²) < 4.78 is 75.7.